The molecule has 2 aromatic carbocycles. The van der Waals surface area contributed by atoms with Crippen molar-refractivity contribution in [3.05, 3.63) is 71.5 Å². The van der Waals surface area contributed by atoms with Gasteiger partial charge in [0.2, 0.25) is 0 Å². The second kappa shape index (κ2) is 6.71. The lowest BCUT2D eigenvalue weighted by molar-refractivity contribution is 0.826. The van der Waals surface area contributed by atoms with Crippen LogP contribution in [0.2, 0.25) is 0 Å². The second-order valence-corrected chi connectivity index (χ2v) is 7.33. The predicted molar refractivity (Wildman–Crippen MR) is 106 cm³/mol. The van der Waals surface area contributed by atoms with Gasteiger partial charge >= 0.3 is 0 Å². The minimum Gasteiger partial charge on any atom is -0.210 e. The fraction of sp³-hybridized carbons (Fsp3) is 0.150. The first-order valence-electron chi connectivity index (χ1n) is 8.21. The van der Waals surface area contributed by atoms with E-state index < -0.39 is 4.84 Å². The van der Waals surface area contributed by atoms with E-state index in [1.54, 1.807) is 4.52 Å². The second-order valence-electron chi connectivity index (χ2n) is 6.24. The Morgan fingerprint density at radius 2 is 1.38 bits per heavy atom. The molecule has 4 aromatic rings. The van der Waals surface area contributed by atoms with Crippen molar-refractivity contribution in [1.82, 2.24) is 19.6 Å². The largest absolute Gasteiger partial charge is 0.210 e. The molecular formula is C20H16Cl2N4. The van der Waals surface area contributed by atoms with E-state index in [9.17, 15) is 0 Å². The molecule has 4 rings (SSSR count). The molecule has 0 amide bonds. The summed E-state index contributed by atoms with van der Waals surface area (Å²) in [5.74, 6) is 1.03. The molecule has 0 bridgehead atoms. The van der Waals surface area contributed by atoms with Gasteiger partial charge < -0.3 is 0 Å². The van der Waals surface area contributed by atoms with Crippen LogP contribution >= 0.6 is 23.2 Å². The smallest absolute Gasteiger partial charge is 0.167 e. The predicted octanol–water partition coefficient (Wildman–Crippen LogP) is 5.55. The molecule has 4 nitrogen and oxygen atoms in total. The molecule has 2 aromatic heterocycles. The van der Waals surface area contributed by atoms with Gasteiger partial charge in [-0.25, -0.2) is 9.97 Å². The molecule has 130 valence electrons. The molecule has 6 heteroatoms. The fourth-order valence-electron chi connectivity index (χ4n) is 2.75. The number of hydrogen-bond acceptors (Lipinski definition) is 3. The number of nitrogens with zero attached hydrogens (tertiary/aromatic N) is 4. The first kappa shape index (κ1) is 17.0. The molecule has 0 aliphatic heterocycles. The van der Waals surface area contributed by atoms with Gasteiger partial charge in [0, 0.05) is 17.2 Å². The average molecular weight is 383 g/mol. The van der Waals surface area contributed by atoms with Crippen LogP contribution in [-0.4, -0.2) is 19.6 Å². The normalized spacial score (nSPS) is 11.4. The summed E-state index contributed by atoms with van der Waals surface area (Å²) in [6.07, 6.45) is 0. The molecule has 26 heavy (non-hydrogen) atoms. The number of halogens is 2. The summed E-state index contributed by atoms with van der Waals surface area (Å²) in [5, 5.41) is 4.61. The highest BCUT2D eigenvalue weighted by atomic mass is 35.5. The lowest BCUT2D eigenvalue weighted by Crippen LogP contribution is -2.06. The van der Waals surface area contributed by atoms with Crippen LogP contribution in [0.1, 0.15) is 21.8 Å². The van der Waals surface area contributed by atoms with E-state index in [0.29, 0.717) is 17.3 Å². The maximum Gasteiger partial charge on any atom is 0.167 e. The van der Waals surface area contributed by atoms with Crippen molar-refractivity contribution in [3.8, 4) is 22.6 Å². The molecule has 0 aliphatic carbocycles. The number of hydrogen-bond donors (Lipinski definition) is 0. The molecule has 0 saturated carbocycles. The van der Waals surface area contributed by atoms with Crippen molar-refractivity contribution >= 4 is 28.8 Å². The summed E-state index contributed by atoms with van der Waals surface area (Å²) in [7, 11) is 0. The Bertz CT molecular complexity index is 1070. The number of alkyl halides is 2. The highest BCUT2D eigenvalue weighted by Crippen LogP contribution is 2.28. The highest BCUT2D eigenvalue weighted by Gasteiger charge is 2.17. The zero-order chi connectivity index (χ0) is 18.3. The van der Waals surface area contributed by atoms with E-state index in [2.05, 4.69) is 34.1 Å². The Morgan fingerprint density at radius 3 is 1.96 bits per heavy atom. The summed E-state index contributed by atoms with van der Waals surface area (Å²) < 4.78 is 1.61. The van der Waals surface area contributed by atoms with Gasteiger partial charge in [-0.05, 0) is 13.8 Å². The quantitative estimate of drug-likeness (QED) is 0.436. The minimum absolute atomic E-state index is 0.451. The molecular weight excluding hydrogens is 367 g/mol. The maximum atomic E-state index is 6.16. The zero-order valence-corrected chi connectivity index (χ0v) is 15.8. The molecule has 2 heterocycles. The third kappa shape index (κ3) is 3.18. The summed E-state index contributed by atoms with van der Waals surface area (Å²) in [6.45, 7) is 4.09. The van der Waals surface area contributed by atoms with Crippen LogP contribution in [0, 0.1) is 13.8 Å². The van der Waals surface area contributed by atoms with Gasteiger partial charge in [-0.3, -0.25) is 0 Å². The Labute approximate surface area is 161 Å². The Morgan fingerprint density at radius 1 is 0.808 bits per heavy atom. The molecule has 0 spiro atoms. The summed E-state index contributed by atoms with van der Waals surface area (Å²) in [5.41, 5.74) is 5.74. The van der Waals surface area contributed by atoms with E-state index >= 15 is 0 Å². The van der Waals surface area contributed by atoms with Crippen LogP contribution in [0.5, 0.6) is 0 Å². The average Bonchev–Trinajstić information content (AvgIpc) is 3.06. The topological polar surface area (TPSA) is 43.1 Å². The Kier molecular flexibility index (Phi) is 4.39. The third-order valence-electron chi connectivity index (χ3n) is 4.20. The van der Waals surface area contributed by atoms with Gasteiger partial charge in [-0.2, -0.15) is 9.61 Å². The van der Waals surface area contributed by atoms with Crippen LogP contribution in [0.15, 0.2) is 54.6 Å². The summed E-state index contributed by atoms with van der Waals surface area (Å²) in [4.78, 5) is 8.39. The number of benzene rings is 2. The molecule has 0 unspecified atom stereocenters. The van der Waals surface area contributed by atoms with Gasteiger partial charge in [0.25, 0.3) is 0 Å². The summed E-state index contributed by atoms with van der Waals surface area (Å²) >= 11 is 12.3. The Balaban J connectivity index is 1.89. The van der Waals surface area contributed by atoms with Gasteiger partial charge in [0.05, 0.1) is 5.69 Å². The van der Waals surface area contributed by atoms with Crippen LogP contribution in [0.3, 0.4) is 0 Å². The summed E-state index contributed by atoms with van der Waals surface area (Å²) in [6, 6.07) is 18.1. The van der Waals surface area contributed by atoms with Crippen LogP contribution in [-0.2, 0) is 0 Å². The van der Waals surface area contributed by atoms with Crippen molar-refractivity contribution in [2.45, 2.75) is 18.7 Å². The molecule has 0 saturated heterocycles. The SMILES string of the molecule is Cc1ccc(-c2cc3nc(-c4ccc(C)cc4)nc(C(Cl)Cl)n3n2)cc1. The minimum atomic E-state index is -0.810. The monoisotopic (exact) mass is 382 g/mol. The fourth-order valence-corrected chi connectivity index (χ4v) is 3.03. The van der Waals surface area contributed by atoms with Crippen LogP contribution in [0.25, 0.3) is 28.3 Å². The molecule has 0 N–H and O–H groups in total. The Hall–Kier alpha value is -2.43. The van der Waals surface area contributed by atoms with Crippen molar-refractivity contribution in [1.29, 1.82) is 0 Å². The number of aromatic nitrogens is 4. The molecule has 0 atom stereocenters. The molecule has 0 aliphatic rings. The zero-order valence-electron chi connectivity index (χ0n) is 14.3. The number of fused-ring (bicyclic) bond motifs is 1. The van der Waals surface area contributed by atoms with Gasteiger partial charge in [0.1, 0.15) is 0 Å². The van der Waals surface area contributed by atoms with Gasteiger partial charge in [0.15, 0.2) is 22.1 Å². The maximum absolute atomic E-state index is 6.16. The number of aryl methyl sites for hydroxylation is 2. The van der Waals surface area contributed by atoms with Crippen LogP contribution < -0.4 is 0 Å². The lowest BCUT2D eigenvalue weighted by atomic mass is 10.1. The van der Waals surface area contributed by atoms with Crippen molar-refractivity contribution in [3.63, 3.8) is 0 Å². The molecule has 0 radical (unpaired) electrons. The first-order valence-corrected chi connectivity index (χ1v) is 9.08. The highest BCUT2D eigenvalue weighted by molar-refractivity contribution is 6.43. The van der Waals surface area contributed by atoms with E-state index in [1.807, 2.05) is 49.4 Å². The van der Waals surface area contributed by atoms with E-state index in [4.69, 9.17) is 23.2 Å². The first-order chi connectivity index (χ1) is 12.5. The third-order valence-corrected chi connectivity index (χ3v) is 4.59. The van der Waals surface area contributed by atoms with Crippen molar-refractivity contribution < 1.29 is 0 Å². The number of rotatable bonds is 3. The van der Waals surface area contributed by atoms with Crippen molar-refractivity contribution in [2.75, 3.05) is 0 Å². The lowest BCUT2D eigenvalue weighted by Gasteiger charge is -2.07. The van der Waals surface area contributed by atoms with Gasteiger partial charge in [-0.15, -0.1) is 0 Å². The standard InChI is InChI=1S/C20H16Cl2N4/c1-12-3-7-14(8-4-12)16-11-17-23-19(15-9-5-13(2)6-10-15)24-20(18(21)22)26(17)25-16/h3-11,18H,1-2H3. The van der Waals surface area contributed by atoms with E-state index in [1.165, 1.54) is 11.1 Å². The van der Waals surface area contributed by atoms with E-state index in [-0.39, 0.29) is 0 Å². The van der Waals surface area contributed by atoms with Crippen molar-refractivity contribution in [2.24, 2.45) is 0 Å². The van der Waals surface area contributed by atoms with Gasteiger partial charge in [-0.1, -0.05) is 82.9 Å². The molecule has 0 fully saturated rings. The van der Waals surface area contributed by atoms with E-state index in [0.717, 1.165) is 16.8 Å². The van der Waals surface area contributed by atoms with Crippen LogP contribution in [0.4, 0.5) is 0 Å².